The van der Waals surface area contributed by atoms with Gasteiger partial charge >= 0.3 is 6.03 Å². The molecule has 4 nitrogen and oxygen atoms in total. The zero-order valence-corrected chi connectivity index (χ0v) is 12.7. The summed E-state index contributed by atoms with van der Waals surface area (Å²) in [5, 5.41) is 3.04. The van der Waals surface area contributed by atoms with E-state index in [-0.39, 0.29) is 6.03 Å². The van der Waals surface area contributed by atoms with Gasteiger partial charge in [0.05, 0.1) is 6.61 Å². The second-order valence-electron chi connectivity index (χ2n) is 6.26. The first-order valence-corrected chi connectivity index (χ1v) is 7.86. The number of carbonyl (C=O) groups is 1. The van der Waals surface area contributed by atoms with Crippen LogP contribution in [0.25, 0.3) is 0 Å². The molecular weight excluding hydrogens is 264 g/mol. The number of urea groups is 1. The van der Waals surface area contributed by atoms with E-state index in [1.165, 1.54) is 19.3 Å². The number of fused-ring (bicyclic) bond motifs is 1. The largest absolute Gasteiger partial charge is 0.380 e. The van der Waals surface area contributed by atoms with Gasteiger partial charge in [0.25, 0.3) is 0 Å². The van der Waals surface area contributed by atoms with E-state index in [4.69, 9.17) is 4.74 Å². The average Bonchev–Trinajstić information content (AvgIpc) is 3.08. The van der Waals surface area contributed by atoms with Crippen LogP contribution < -0.4 is 5.32 Å². The fourth-order valence-electron chi connectivity index (χ4n) is 3.61. The molecule has 2 atom stereocenters. The molecule has 0 unspecified atom stereocenters. The van der Waals surface area contributed by atoms with Crippen molar-refractivity contribution in [3.63, 3.8) is 0 Å². The summed E-state index contributed by atoms with van der Waals surface area (Å²) in [5.74, 6) is 1.51. The molecule has 1 aromatic carbocycles. The normalized spacial score (nSPS) is 24.1. The second kappa shape index (κ2) is 6.48. The number of amides is 2. The molecule has 114 valence electrons. The molecule has 1 aromatic rings. The lowest BCUT2D eigenvalue weighted by Crippen LogP contribution is -2.38. The van der Waals surface area contributed by atoms with Crippen molar-refractivity contribution in [1.29, 1.82) is 0 Å². The number of ether oxygens (including phenoxy) is 1. The molecule has 0 radical (unpaired) electrons. The Kier molecular flexibility index (Phi) is 4.44. The van der Waals surface area contributed by atoms with Gasteiger partial charge in [-0.25, -0.2) is 4.79 Å². The van der Waals surface area contributed by atoms with E-state index in [1.54, 1.807) is 7.11 Å². The summed E-state index contributed by atoms with van der Waals surface area (Å²) < 4.78 is 5.09. The Bertz CT molecular complexity index is 474. The summed E-state index contributed by atoms with van der Waals surface area (Å²) in [6.07, 6.45) is 3.95. The zero-order valence-electron chi connectivity index (χ0n) is 12.7. The highest BCUT2D eigenvalue weighted by molar-refractivity contribution is 5.74. The maximum atomic E-state index is 12.2. The molecule has 21 heavy (non-hydrogen) atoms. The van der Waals surface area contributed by atoms with Gasteiger partial charge in [0.15, 0.2) is 0 Å². The minimum Gasteiger partial charge on any atom is -0.380 e. The Morgan fingerprint density at radius 2 is 1.81 bits per heavy atom. The molecule has 0 aromatic heterocycles. The van der Waals surface area contributed by atoms with Crippen LogP contribution in [0.1, 0.15) is 30.4 Å². The van der Waals surface area contributed by atoms with Gasteiger partial charge < -0.3 is 15.0 Å². The van der Waals surface area contributed by atoms with Crippen molar-refractivity contribution in [2.45, 2.75) is 32.4 Å². The Labute approximate surface area is 126 Å². The molecule has 2 amide bonds. The quantitative estimate of drug-likeness (QED) is 0.925. The van der Waals surface area contributed by atoms with Gasteiger partial charge in [-0.15, -0.1) is 0 Å². The van der Waals surface area contributed by atoms with Gasteiger partial charge in [-0.3, -0.25) is 0 Å². The summed E-state index contributed by atoms with van der Waals surface area (Å²) in [4.78, 5) is 14.2. The Balaban J connectivity index is 1.47. The number of carbonyl (C=O) groups excluding carboxylic acids is 1. The highest BCUT2D eigenvalue weighted by atomic mass is 16.5. The van der Waals surface area contributed by atoms with E-state index in [9.17, 15) is 4.79 Å². The highest BCUT2D eigenvalue weighted by Crippen LogP contribution is 2.37. The molecule has 1 N–H and O–H groups in total. The molecule has 2 fully saturated rings. The number of hydrogen-bond acceptors (Lipinski definition) is 2. The van der Waals surface area contributed by atoms with Crippen molar-refractivity contribution in [2.75, 3.05) is 20.2 Å². The number of nitrogens with one attached hydrogen (secondary N) is 1. The van der Waals surface area contributed by atoms with E-state index in [1.807, 2.05) is 29.2 Å². The Morgan fingerprint density at radius 3 is 2.43 bits per heavy atom. The predicted molar refractivity (Wildman–Crippen MR) is 81.8 cm³/mol. The number of rotatable bonds is 4. The van der Waals surface area contributed by atoms with E-state index in [2.05, 4.69) is 5.32 Å². The third-order valence-electron chi connectivity index (χ3n) is 4.79. The van der Waals surface area contributed by atoms with Crippen LogP contribution in [0.5, 0.6) is 0 Å². The van der Waals surface area contributed by atoms with Crippen LogP contribution in [0.3, 0.4) is 0 Å². The number of methoxy groups -OCH3 is 1. The van der Waals surface area contributed by atoms with Crippen LogP contribution in [0.2, 0.25) is 0 Å². The second-order valence-corrected chi connectivity index (χ2v) is 6.26. The lowest BCUT2D eigenvalue weighted by molar-refractivity contribution is 0.185. The molecule has 1 aliphatic carbocycles. The van der Waals surface area contributed by atoms with E-state index < -0.39 is 0 Å². The minimum absolute atomic E-state index is 0.0883. The molecule has 2 aliphatic rings. The molecule has 0 bridgehead atoms. The first-order chi connectivity index (χ1) is 10.3. The molecule has 4 heteroatoms. The first-order valence-electron chi connectivity index (χ1n) is 7.86. The van der Waals surface area contributed by atoms with E-state index in [0.29, 0.717) is 13.2 Å². The third kappa shape index (κ3) is 3.38. The summed E-state index contributed by atoms with van der Waals surface area (Å²) in [7, 11) is 1.69. The fourth-order valence-corrected chi connectivity index (χ4v) is 3.61. The maximum Gasteiger partial charge on any atom is 0.317 e. The van der Waals surface area contributed by atoms with Crippen molar-refractivity contribution in [3.05, 3.63) is 35.4 Å². The highest BCUT2D eigenvalue weighted by Gasteiger charge is 2.37. The van der Waals surface area contributed by atoms with Crippen molar-refractivity contribution in [1.82, 2.24) is 10.2 Å². The molecular formula is C17H24N2O2. The summed E-state index contributed by atoms with van der Waals surface area (Å²) in [6, 6.07) is 8.28. The van der Waals surface area contributed by atoms with Crippen LogP contribution in [0, 0.1) is 11.8 Å². The lowest BCUT2D eigenvalue weighted by atomic mass is 10.0. The summed E-state index contributed by atoms with van der Waals surface area (Å²) in [6.45, 7) is 3.12. The smallest absolute Gasteiger partial charge is 0.317 e. The number of likely N-dealkylation sites (tertiary alicyclic amines) is 1. The standard InChI is InChI=1S/C17H24N2O2/c1-21-12-14-7-5-13(6-8-14)9-18-17(20)19-10-15-3-2-4-16(15)11-19/h5-8,15-16H,2-4,9-12H2,1H3,(H,18,20)/t15-,16+. The monoisotopic (exact) mass is 288 g/mol. The lowest BCUT2D eigenvalue weighted by Gasteiger charge is -2.18. The molecule has 1 saturated heterocycles. The topological polar surface area (TPSA) is 41.6 Å². The fraction of sp³-hybridized carbons (Fsp3) is 0.588. The molecule has 1 heterocycles. The minimum atomic E-state index is 0.0883. The number of nitrogens with zero attached hydrogens (tertiary/aromatic N) is 1. The third-order valence-corrected chi connectivity index (χ3v) is 4.79. The van der Waals surface area contributed by atoms with E-state index >= 15 is 0 Å². The van der Waals surface area contributed by atoms with Crippen LogP contribution in [-0.4, -0.2) is 31.1 Å². The molecule has 1 saturated carbocycles. The summed E-state index contributed by atoms with van der Waals surface area (Å²) in [5.41, 5.74) is 2.28. The van der Waals surface area contributed by atoms with Gasteiger partial charge in [0.2, 0.25) is 0 Å². The van der Waals surface area contributed by atoms with Gasteiger partial charge in [-0.1, -0.05) is 30.7 Å². The molecule has 0 spiro atoms. The van der Waals surface area contributed by atoms with Gasteiger partial charge in [0.1, 0.15) is 0 Å². The predicted octanol–water partition coefficient (Wildman–Crippen LogP) is 2.77. The summed E-state index contributed by atoms with van der Waals surface area (Å²) >= 11 is 0. The number of hydrogen-bond donors (Lipinski definition) is 1. The Morgan fingerprint density at radius 1 is 1.19 bits per heavy atom. The van der Waals surface area contributed by atoms with E-state index in [0.717, 1.165) is 36.1 Å². The van der Waals surface area contributed by atoms with Crippen LogP contribution in [-0.2, 0) is 17.9 Å². The molecule has 3 rings (SSSR count). The van der Waals surface area contributed by atoms with Crippen LogP contribution in [0.15, 0.2) is 24.3 Å². The van der Waals surface area contributed by atoms with Crippen molar-refractivity contribution in [2.24, 2.45) is 11.8 Å². The zero-order chi connectivity index (χ0) is 14.7. The van der Waals surface area contributed by atoms with Gasteiger partial charge in [-0.05, 0) is 35.8 Å². The van der Waals surface area contributed by atoms with Gasteiger partial charge in [-0.2, -0.15) is 0 Å². The SMILES string of the molecule is COCc1ccc(CNC(=O)N2C[C@H]3CCC[C@H]3C2)cc1. The van der Waals surface area contributed by atoms with Crippen molar-refractivity contribution >= 4 is 6.03 Å². The average molecular weight is 288 g/mol. The van der Waals surface area contributed by atoms with Crippen LogP contribution >= 0.6 is 0 Å². The van der Waals surface area contributed by atoms with Crippen molar-refractivity contribution < 1.29 is 9.53 Å². The maximum absolute atomic E-state index is 12.2. The number of benzene rings is 1. The van der Waals surface area contributed by atoms with Crippen LogP contribution in [0.4, 0.5) is 4.79 Å². The Hall–Kier alpha value is -1.55. The van der Waals surface area contributed by atoms with Crippen molar-refractivity contribution in [3.8, 4) is 0 Å². The molecule has 1 aliphatic heterocycles. The van der Waals surface area contributed by atoms with Gasteiger partial charge in [0, 0.05) is 26.7 Å². The first kappa shape index (κ1) is 14.4.